The van der Waals surface area contributed by atoms with Gasteiger partial charge in [0.25, 0.3) is 5.91 Å². The molecule has 0 saturated heterocycles. The summed E-state index contributed by atoms with van der Waals surface area (Å²) in [6.07, 6.45) is 0. The number of rotatable bonds is 4. The van der Waals surface area contributed by atoms with Crippen molar-refractivity contribution < 1.29 is 4.79 Å². The van der Waals surface area contributed by atoms with Crippen LogP contribution in [-0.2, 0) is 7.05 Å². The molecule has 3 aromatic rings. The average Bonchev–Trinajstić information content (AvgIpc) is 2.89. The Labute approximate surface area is 140 Å². The second-order valence-corrected chi connectivity index (χ2v) is 5.94. The van der Waals surface area contributed by atoms with Gasteiger partial charge in [0.05, 0.1) is 22.3 Å². The SMILES string of the molecule is Cc1nn(C)c2nc(-c3ccccc3)cc(C(=O)N[C@@H](C)CN)c12. The van der Waals surface area contributed by atoms with Crippen LogP contribution in [0.4, 0.5) is 0 Å². The molecule has 0 bridgehead atoms. The molecule has 3 N–H and O–H groups in total. The first-order valence-corrected chi connectivity index (χ1v) is 7.92. The molecule has 0 spiro atoms. The van der Waals surface area contributed by atoms with Crippen LogP contribution in [-0.4, -0.2) is 33.3 Å². The summed E-state index contributed by atoms with van der Waals surface area (Å²) in [5, 5.41) is 8.12. The zero-order valence-corrected chi connectivity index (χ0v) is 14.1. The van der Waals surface area contributed by atoms with Gasteiger partial charge in [-0.3, -0.25) is 9.48 Å². The smallest absolute Gasteiger partial charge is 0.252 e. The predicted molar refractivity (Wildman–Crippen MR) is 94.7 cm³/mol. The van der Waals surface area contributed by atoms with Crippen molar-refractivity contribution in [2.24, 2.45) is 12.8 Å². The van der Waals surface area contributed by atoms with E-state index in [1.165, 1.54) is 0 Å². The number of carbonyl (C=O) groups is 1. The van der Waals surface area contributed by atoms with Gasteiger partial charge in [-0.05, 0) is 19.9 Å². The number of pyridine rings is 1. The minimum absolute atomic E-state index is 0.0992. The van der Waals surface area contributed by atoms with Gasteiger partial charge in [-0.1, -0.05) is 30.3 Å². The molecule has 0 aliphatic carbocycles. The van der Waals surface area contributed by atoms with Crippen LogP contribution in [0.3, 0.4) is 0 Å². The molecule has 0 aliphatic heterocycles. The van der Waals surface area contributed by atoms with Gasteiger partial charge in [-0.25, -0.2) is 4.98 Å². The van der Waals surface area contributed by atoms with Crippen molar-refractivity contribution in [3.63, 3.8) is 0 Å². The topological polar surface area (TPSA) is 85.8 Å². The molecule has 1 atom stereocenters. The maximum atomic E-state index is 12.7. The first-order valence-electron chi connectivity index (χ1n) is 7.92. The third-order valence-corrected chi connectivity index (χ3v) is 4.01. The number of carbonyl (C=O) groups excluding carboxylic acids is 1. The van der Waals surface area contributed by atoms with Gasteiger partial charge < -0.3 is 11.1 Å². The van der Waals surface area contributed by atoms with Gasteiger partial charge in [-0.2, -0.15) is 5.10 Å². The lowest BCUT2D eigenvalue weighted by molar-refractivity contribution is 0.0943. The molecule has 0 radical (unpaired) electrons. The Balaban J connectivity index is 2.20. The van der Waals surface area contributed by atoms with Gasteiger partial charge in [0.1, 0.15) is 0 Å². The van der Waals surface area contributed by atoms with E-state index in [9.17, 15) is 4.79 Å². The van der Waals surface area contributed by atoms with Gasteiger partial charge in [0.15, 0.2) is 5.65 Å². The average molecular weight is 323 g/mol. The fourth-order valence-electron chi connectivity index (χ4n) is 2.74. The molecule has 24 heavy (non-hydrogen) atoms. The molecule has 0 unspecified atom stereocenters. The second-order valence-electron chi connectivity index (χ2n) is 5.94. The summed E-state index contributed by atoms with van der Waals surface area (Å²) in [5.74, 6) is -0.159. The molecule has 0 saturated carbocycles. The van der Waals surface area contributed by atoms with E-state index in [2.05, 4.69) is 10.4 Å². The van der Waals surface area contributed by atoms with Crippen LogP contribution in [0.25, 0.3) is 22.3 Å². The minimum atomic E-state index is -0.159. The lowest BCUT2D eigenvalue weighted by Crippen LogP contribution is -2.37. The van der Waals surface area contributed by atoms with Crippen molar-refractivity contribution in [2.75, 3.05) is 6.54 Å². The van der Waals surface area contributed by atoms with Crippen molar-refractivity contribution in [2.45, 2.75) is 19.9 Å². The first-order chi connectivity index (χ1) is 11.5. The van der Waals surface area contributed by atoms with E-state index in [0.717, 1.165) is 22.3 Å². The third-order valence-electron chi connectivity index (χ3n) is 4.01. The highest BCUT2D eigenvalue weighted by Gasteiger charge is 2.20. The van der Waals surface area contributed by atoms with Crippen molar-refractivity contribution >= 4 is 16.9 Å². The van der Waals surface area contributed by atoms with Crippen molar-refractivity contribution in [1.29, 1.82) is 0 Å². The van der Waals surface area contributed by atoms with Crippen LogP contribution in [0.15, 0.2) is 36.4 Å². The number of nitrogens with zero attached hydrogens (tertiary/aromatic N) is 3. The number of nitrogens with one attached hydrogen (secondary N) is 1. The Morgan fingerprint density at radius 1 is 1.33 bits per heavy atom. The molecule has 6 heteroatoms. The van der Waals surface area contributed by atoms with Gasteiger partial charge in [0.2, 0.25) is 0 Å². The monoisotopic (exact) mass is 323 g/mol. The highest BCUT2D eigenvalue weighted by atomic mass is 16.1. The zero-order chi connectivity index (χ0) is 17.3. The summed E-state index contributed by atoms with van der Waals surface area (Å²) >= 11 is 0. The summed E-state index contributed by atoms with van der Waals surface area (Å²) in [4.78, 5) is 17.4. The molecule has 1 aromatic carbocycles. The molecule has 2 aromatic heterocycles. The van der Waals surface area contributed by atoms with Crippen LogP contribution >= 0.6 is 0 Å². The predicted octanol–water partition coefficient (Wildman–Crippen LogP) is 2.02. The van der Waals surface area contributed by atoms with E-state index < -0.39 is 0 Å². The van der Waals surface area contributed by atoms with E-state index in [1.54, 1.807) is 4.68 Å². The highest BCUT2D eigenvalue weighted by molar-refractivity contribution is 6.07. The zero-order valence-electron chi connectivity index (χ0n) is 14.1. The number of hydrogen-bond acceptors (Lipinski definition) is 4. The quantitative estimate of drug-likeness (QED) is 0.769. The standard InChI is InChI=1S/C18H21N5O/c1-11(10-19)20-18(24)14-9-15(13-7-5-4-6-8-13)21-17-16(14)12(2)22-23(17)3/h4-9,11H,10,19H2,1-3H3,(H,20,24)/t11-/m0/s1. The summed E-state index contributed by atoms with van der Waals surface area (Å²) in [6.45, 7) is 4.15. The summed E-state index contributed by atoms with van der Waals surface area (Å²) < 4.78 is 1.71. The molecular weight excluding hydrogens is 302 g/mol. The number of fused-ring (bicyclic) bond motifs is 1. The summed E-state index contributed by atoms with van der Waals surface area (Å²) in [6, 6.07) is 11.5. The summed E-state index contributed by atoms with van der Waals surface area (Å²) in [7, 11) is 1.83. The Bertz CT molecular complexity index is 885. The Kier molecular flexibility index (Phi) is 4.31. The van der Waals surface area contributed by atoms with E-state index >= 15 is 0 Å². The molecule has 2 heterocycles. The highest BCUT2D eigenvalue weighted by Crippen LogP contribution is 2.26. The van der Waals surface area contributed by atoms with E-state index in [0.29, 0.717) is 17.8 Å². The number of aromatic nitrogens is 3. The fourth-order valence-corrected chi connectivity index (χ4v) is 2.74. The fraction of sp³-hybridized carbons (Fsp3) is 0.278. The normalized spacial score (nSPS) is 12.3. The van der Waals surface area contributed by atoms with Crippen LogP contribution in [0, 0.1) is 6.92 Å². The number of amides is 1. The van der Waals surface area contributed by atoms with Gasteiger partial charge in [-0.15, -0.1) is 0 Å². The van der Waals surface area contributed by atoms with Crippen LogP contribution in [0.1, 0.15) is 23.0 Å². The molecule has 3 rings (SSSR count). The Morgan fingerprint density at radius 2 is 2.04 bits per heavy atom. The Morgan fingerprint density at radius 3 is 2.71 bits per heavy atom. The molecule has 0 aliphatic rings. The van der Waals surface area contributed by atoms with Crippen LogP contribution in [0.5, 0.6) is 0 Å². The van der Waals surface area contributed by atoms with Crippen molar-refractivity contribution in [1.82, 2.24) is 20.1 Å². The molecule has 1 amide bonds. The largest absolute Gasteiger partial charge is 0.348 e. The van der Waals surface area contributed by atoms with Crippen molar-refractivity contribution in [3.8, 4) is 11.3 Å². The Hall–Kier alpha value is -2.73. The van der Waals surface area contributed by atoms with Gasteiger partial charge in [0, 0.05) is 25.2 Å². The number of nitrogens with two attached hydrogens (primary N) is 1. The summed E-state index contributed by atoms with van der Waals surface area (Å²) in [5.41, 5.74) is 9.38. The number of benzene rings is 1. The van der Waals surface area contributed by atoms with Crippen LogP contribution < -0.4 is 11.1 Å². The molecule has 124 valence electrons. The maximum absolute atomic E-state index is 12.7. The van der Waals surface area contributed by atoms with Crippen LogP contribution in [0.2, 0.25) is 0 Å². The molecular formula is C18H21N5O. The maximum Gasteiger partial charge on any atom is 0.252 e. The number of aryl methyl sites for hydroxylation is 2. The number of hydrogen-bond donors (Lipinski definition) is 2. The molecule has 0 fully saturated rings. The third kappa shape index (κ3) is 2.88. The molecule has 6 nitrogen and oxygen atoms in total. The first kappa shape index (κ1) is 16.1. The van der Waals surface area contributed by atoms with E-state index in [-0.39, 0.29) is 11.9 Å². The lowest BCUT2D eigenvalue weighted by atomic mass is 10.0. The second kappa shape index (κ2) is 6.41. The van der Waals surface area contributed by atoms with Crippen molar-refractivity contribution in [3.05, 3.63) is 47.7 Å². The minimum Gasteiger partial charge on any atom is -0.348 e. The van der Waals surface area contributed by atoms with E-state index in [4.69, 9.17) is 10.7 Å². The lowest BCUT2D eigenvalue weighted by Gasteiger charge is -2.13. The van der Waals surface area contributed by atoms with E-state index in [1.807, 2.05) is 57.3 Å². The van der Waals surface area contributed by atoms with Gasteiger partial charge >= 0.3 is 0 Å².